The Labute approximate surface area is 123 Å². The lowest BCUT2D eigenvalue weighted by atomic mass is 10.0. The average molecular weight is 279 g/mol. The second kappa shape index (κ2) is 4.98. The topological polar surface area (TPSA) is 67.2 Å². The van der Waals surface area contributed by atoms with Gasteiger partial charge in [0, 0.05) is 28.3 Å². The van der Waals surface area contributed by atoms with E-state index in [0.717, 1.165) is 22.6 Å². The molecule has 3 rings (SSSR count). The van der Waals surface area contributed by atoms with E-state index in [9.17, 15) is 4.79 Å². The summed E-state index contributed by atoms with van der Waals surface area (Å²) in [4.78, 5) is 12.2. The van der Waals surface area contributed by atoms with Crippen molar-refractivity contribution in [2.75, 3.05) is 16.4 Å². The predicted molar refractivity (Wildman–Crippen MR) is 86.9 cm³/mol. The Morgan fingerprint density at radius 3 is 2.57 bits per heavy atom. The maximum Gasteiger partial charge on any atom is 0.258 e. The van der Waals surface area contributed by atoms with Gasteiger partial charge < -0.3 is 16.4 Å². The van der Waals surface area contributed by atoms with Crippen LogP contribution in [-0.4, -0.2) is 5.91 Å². The van der Waals surface area contributed by atoms with Gasteiger partial charge in [0.05, 0.1) is 5.57 Å². The fourth-order valence-electron chi connectivity index (χ4n) is 2.47. The molecule has 4 heteroatoms. The average Bonchev–Trinajstić information content (AvgIpc) is 2.76. The van der Waals surface area contributed by atoms with Crippen molar-refractivity contribution in [3.8, 4) is 0 Å². The zero-order valence-electron chi connectivity index (χ0n) is 12.0. The lowest BCUT2D eigenvalue weighted by Crippen LogP contribution is -2.08. The number of rotatable bonds is 2. The lowest BCUT2D eigenvalue weighted by molar-refractivity contribution is -0.110. The summed E-state index contributed by atoms with van der Waals surface area (Å²) in [5.41, 5.74) is 11.7. The van der Waals surface area contributed by atoms with Gasteiger partial charge in [0.15, 0.2) is 0 Å². The third-order valence-electron chi connectivity index (χ3n) is 3.55. The van der Waals surface area contributed by atoms with E-state index in [2.05, 4.69) is 10.6 Å². The smallest absolute Gasteiger partial charge is 0.258 e. The number of hydrogen-bond donors (Lipinski definition) is 3. The van der Waals surface area contributed by atoms with Crippen molar-refractivity contribution in [2.24, 2.45) is 0 Å². The van der Waals surface area contributed by atoms with Crippen molar-refractivity contribution in [3.63, 3.8) is 0 Å². The first-order valence-electron chi connectivity index (χ1n) is 6.80. The van der Waals surface area contributed by atoms with Gasteiger partial charge in [-0.3, -0.25) is 4.79 Å². The molecule has 4 N–H and O–H groups in total. The third kappa shape index (κ3) is 2.48. The number of hydrogen-bond acceptors (Lipinski definition) is 3. The molecule has 2 aromatic carbocycles. The highest BCUT2D eigenvalue weighted by molar-refractivity contribution is 6.32. The number of anilines is 3. The Bertz CT molecular complexity index is 745. The summed E-state index contributed by atoms with van der Waals surface area (Å²) < 4.78 is 0. The molecule has 1 heterocycles. The van der Waals surface area contributed by atoms with Crippen LogP contribution in [0.25, 0.3) is 5.57 Å². The molecule has 0 saturated carbocycles. The molecule has 4 nitrogen and oxygen atoms in total. The van der Waals surface area contributed by atoms with Gasteiger partial charge in [0.2, 0.25) is 0 Å². The van der Waals surface area contributed by atoms with Gasteiger partial charge >= 0.3 is 0 Å². The molecule has 0 atom stereocenters. The fourth-order valence-corrected chi connectivity index (χ4v) is 2.47. The number of nitrogen functional groups attached to an aromatic ring is 1. The van der Waals surface area contributed by atoms with Gasteiger partial charge in [0.1, 0.15) is 0 Å². The Morgan fingerprint density at radius 2 is 1.86 bits per heavy atom. The summed E-state index contributed by atoms with van der Waals surface area (Å²) in [5, 5.41) is 6.14. The van der Waals surface area contributed by atoms with Gasteiger partial charge in [-0.2, -0.15) is 0 Å². The van der Waals surface area contributed by atoms with Gasteiger partial charge in [-0.15, -0.1) is 0 Å². The van der Waals surface area contributed by atoms with Crippen LogP contribution in [0.5, 0.6) is 0 Å². The summed E-state index contributed by atoms with van der Waals surface area (Å²) in [6.07, 6.45) is 0. The maximum atomic E-state index is 12.2. The summed E-state index contributed by atoms with van der Waals surface area (Å²) in [6.45, 7) is 3.94. The molecule has 0 spiro atoms. The third-order valence-corrected chi connectivity index (χ3v) is 3.55. The second-order valence-corrected chi connectivity index (χ2v) is 5.25. The molecule has 0 aromatic heterocycles. The van der Waals surface area contributed by atoms with Crippen LogP contribution < -0.4 is 16.4 Å². The molecule has 0 aliphatic carbocycles. The van der Waals surface area contributed by atoms with E-state index in [1.165, 1.54) is 5.56 Å². The van der Waals surface area contributed by atoms with E-state index in [-0.39, 0.29) is 5.91 Å². The number of nitrogens with one attached hydrogen (secondary N) is 2. The highest BCUT2D eigenvalue weighted by atomic mass is 16.2. The number of nitrogens with two attached hydrogens (primary N) is 1. The number of amides is 1. The van der Waals surface area contributed by atoms with Crippen LogP contribution in [0.2, 0.25) is 0 Å². The van der Waals surface area contributed by atoms with E-state index in [0.29, 0.717) is 11.3 Å². The summed E-state index contributed by atoms with van der Waals surface area (Å²) in [6, 6.07) is 13.5. The standard InChI is InChI=1S/C17H17N3O/c1-10-3-6-13(7-4-10)19-11(2)16-14-9-12(18)5-8-15(14)20-17(16)21/h3-9,19H,18H2,1-2H3,(H,20,21)/b16-11-. The van der Waals surface area contributed by atoms with Gasteiger partial charge in [0.25, 0.3) is 5.91 Å². The maximum absolute atomic E-state index is 12.2. The fraction of sp³-hybridized carbons (Fsp3) is 0.118. The zero-order valence-corrected chi connectivity index (χ0v) is 12.0. The number of carbonyl (C=O) groups is 1. The Morgan fingerprint density at radius 1 is 1.14 bits per heavy atom. The van der Waals surface area contributed by atoms with Crippen molar-refractivity contribution in [1.29, 1.82) is 0 Å². The van der Waals surface area contributed by atoms with Crippen molar-refractivity contribution in [1.82, 2.24) is 0 Å². The van der Waals surface area contributed by atoms with Crippen LogP contribution >= 0.6 is 0 Å². The van der Waals surface area contributed by atoms with Gasteiger partial charge in [-0.05, 0) is 44.2 Å². The van der Waals surface area contributed by atoms with E-state index >= 15 is 0 Å². The van der Waals surface area contributed by atoms with Crippen LogP contribution in [0.3, 0.4) is 0 Å². The van der Waals surface area contributed by atoms with Crippen LogP contribution in [0, 0.1) is 6.92 Å². The van der Waals surface area contributed by atoms with Crippen molar-refractivity contribution in [3.05, 3.63) is 59.3 Å². The molecule has 0 unspecified atom stereocenters. The molecule has 0 radical (unpaired) electrons. The first kappa shape index (κ1) is 13.2. The minimum absolute atomic E-state index is 0.104. The molecule has 0 saturated heterocycles. The summed E-state index contributed by atoms with van der Waals surface area (Å²) >= 11 is 0. The monoisotopic (exact) mass is 279 g/mol. The number of allylic oxidation sites excluding steroid dienone is 1. The van der Waals surface area contributed by atoms with Crippen molar-refractivity contribution < 1.29 is 4.79 Å². The minimum atomic E-state index is -0.104. The number of carbonyl (C=O) groups excluding carboxylic acids is 1. The molecule has 1 aliphatic heterocycles. The largest absolute Gasteiger partial charge is 0.399 e. The van der Waals surface area contributed by atoms with Gasteiger partial charge in [-0.1, -0.05) is 17.7 Å². The second-order valence-electron chi connectivity index (χ2n) is 5.25. The van der Waals surface area contributed by atoms with Crippen molar-refractivity contribution in [2.45, 2.75) is 13.8 Å². The predicted octanol–water partition coefficient (Wildman–Crippen LogP) is 3.37. The van der Waals surface area contributed by atoms with E-state index in [1.54, 1.807) is 6.07 Å². The minimum Gasteiger partial charge on any atom is -0.399 e. The molecule has 21 heavy (non-hydrogen) atoms. The first-order valence-corrected chi connectivity index (χ1v) is 6.80. The van der Waals surface area contributed by atoms with Crippen LogP contribution in [0.1, 0.15) is 18.1 Å². The van der Waals surface area contributed by atoms with Crippen LogP contribution in [0.4, 0.5) is 17.1 Å². The number of aryl methyl sites for hydroxylation is 1. The Hall–Kier alpha value is -2.75. The summed E-state index contributed by atoms with van der Waals surface area (Å²) in [7, 11) is 0. The van der Waals surface area contributed by atoms with Crippen molar-refractivity contribution >= 4 is 28.5 Å². The summed E-state index contributed by atoms with van der Waals surface area (Å²) in [5.74, 6) is -0.104. The zero-order chi connectivity index (χ0) is 15.0. The van der Waals surface area contributed by atoms with Crippen LogP contribution in [0.15, 0.2) is 48.2 Å². The highest BCUT2D eigenvalue weighted by Gasteiger charge is 2.26. The molecule has 2 aromatic rings. The molecular weight excluding hydrogens is 262 g/mol. The number of fused-ring (bicyclic) bond motifs is 1. The molecule has 1 amide bonds. The Kier molecular flexibility index (Phi) is 3.14. The van der Waals surface area contributed by atoms with Gasteiger partial charge in [-0.25, -0.2) is 0 Å². The molecule has 106 valence electrons. The molecule has 0 fully saturated rings. The normalized spacial score (nSPS) is 15.4. The number of benzene rings is 2. The highest BCUT2D eigenvalue weighted by Crippen LogP contribution is 2.35. The lowest BCUT2D eigenvalue weighted by Gasteiger charge is -2.10. The van der Waals surface area contributed by atoms with E-state index < -0.39 is 0 Å². The quantitative estimate of drug-likeness (QED) is 0.583. The van der Waals surface area contributed by atoms with E-state index in [1.807, 2.05) is 50.2 Å². The van der Waals surface area contributed by atoms with Crippen LogP contribution in [-0.2, 0) is 4.79 Å². The first-order chi connectivity index (χ1) is 10.0. The van der Waals surface area contributed by atoms with E-state index in [4.69, 9.17) is 5.73 Å². The molecular formula is C17H17N3O. The SMILES string of the molecule is C/C(Nc1ccc(C)cc1)=C1/C(=O)Nc2ccc(N)cc21. The molecule has 0 bridgehead atoms. The Balaban J connectivity index is 2.00. The molecule has 1 aliphatic rings.